The Bertz CT molecular complexity index is 1370. The van der Waals surface area contributed by atoms with Crippen LogP contribution < -0.4 is 30.2 Å². The average molecular weight is 508 g/mol. The first-order chi connectivity index (χ1) is 17.9. The van der Waals surface area contributed by atoms with Crippen LogP contribution in [0.5, 0.6) is 17.2 Å². The lowest BCUT2D eigenvalue weighted by molar-refractivity contribution is -0.385. The number of anilines is 2. The molecule has 192 valence electrons. The van der Waals surface area contributed by atoms with E-state index in [9.17, 15) is 19.7 Å². The van der Waals surface area contributed by atoms with Gasteiger partial charge in [0.25, 0.3) is 5.91 Å². The van der Waals surface area contributed by atoms with E-state index < -0.39 is 17.1 Å². The Morgan fingerprint density at radius 3 is 2.49 bits per heavy atom. The molecular formula is C25H24N4O8. The van der Waals surface area contributed by atoms with Crippen LogP contribution in [-0.4, -0.2) is 50.4 Å². The topological polar surface area (TPSA) is 150 Å². The first kappa shape index (κ1) is 24.0. The van der Waals surface area contributed by atoms with Crippen LogP contribution in [0.1, 0.15) is 18.4 Å². The number of amides is 2. The molecule has 2 amide bonds. The number of carbonyl (C=O) groups excluding carboxylic acids is 2. The fraction of sp³-hybridized carbons (Fsp3) is 0.280. The van der Waals surface area contributed by atoms with Gasteiger partial charge in [0.1, 0.15) is 6.61 Å². The summed E-state index contributed by atoms with van der Waals surface area (Å²) >= 11 is 0. The largest absolute Gasteiger partial charge is 0.493 e. The Morgan fingerprint density at radius 1 is 1.03 bits per heavy atom. The minimum Gasteiger partial charge on any atom is -0.493 e. The van der Waals surface area contributed by atoms with Gasteiger partial charge in [0.15, 0.2) is 23.4 Å². The summed E-state index contributed by atoms with van der Waals surface area (Å²) in [6.07, 6.45) is 1.98. The number of hydrogen-bond donors (Lipinski definition) is 3. The summed E-state index contributed by atoms with van der Waals surface area (Å²) in [6, 6.07) is 8.09. The normalized spacial score (nSPS) is 18.2. The molecule has 0 bridgehead atoms. The highest BCUT2D eigenvalue weighted by Gasteiger charge is 2.28. The van der Waals surface area contributed by atoms with Gasteiger partial charge in [-0.3, -0.25) is 14.9 Å². The number of methoxy groups -OCH3 is 2. The lowest BCUT2D eigenvalue weighted by Gasteiger charge is -2.19. The molecule has 1 fully saturated rings. The molecule has 0 spiro atoms. The van der Waals surface area contributed by atoms with Gasteiger partial charge >= 0.3 is 11.8 Å². The van der Waals surface area contributed by atoms with Gasteiger partial charge in [0, 0.05) is 29.5 Å². The van der Waals surface area contributed by atoms with E-state index in [2.05, 4.69) is 16.0 Å². The molecule has 0 saturated carbocycles. The predicted octanol–water partition coefficient (Wildman–Crippen LogP) is 3.59. The van der Waals surface area contributed by atoms with Crippen molar-refractivity contribution in [2.75, 3.05) is 38.0 Å². The summed E-state index contributed by atoms with van der Waals surface area (Å²) in [7, 11) is 2.88. The van der Waals surface area contributed by atoms with Crippen LogP contribution in [-0.2, 0) is 9.53 Å². The fourth-order valence-corrected chi connectivity index (χ4v) is 4.42. The number of nitro groups is 1. The van der Waals surface area contributed by atoms with Gasteiger partial charge in [0.05, 0.1) is 37.1 Å². The predicted molar refractivity (Wildman–Crippen MR) is 133 cm³/mol. The van der Waals surface area contributed by atoms with E-state index in [1.54, 1.807) is 24.3 Å². The van der Waals surface area contributed by atoms with Crippen molar-refractivity contribution >= 4 is 34.6 Å². The lowest BCUT2D eigenvalue weighted by atomic mass is 9.90. The first-order valence-electron chi connectivity index (χ1n) is 11.5. The van der Waals surface area contributed by atoms with E-state index in [-0.39, 0.29) is 24.0 Å². The lowest BCUT2D eigenvalue weighted by Crippen LogP contribution is -2.22. The quantitative estimate of drug-likeness (QED) is 0.376. The van der Waals surface area contributed by atoms with Crippen molar-refractivity contribution in [2.45, 2.75) is 18.9 Å². The number of carbonyl (C=O) groups is 2. The highest BCUT2D eigenvalue weighted by atomic mass is 16.6. The van der Waals surface area contributed by atoms with Crippen molar-refractivity contribution in [2.24, 2.45) is 0 Å². The van der Waals surface area contributed by atoms with E-state index in [0.717, 1.165) is 11.1 Å². The van der Waals surface area contributed by atoms with E-state index in [0.29, 0.717) is 53.5 Å². The highest BCUT2D eigenvalue weighted by molar-refractivity contribution is 6.09. The average Bonchev–Trinajstić information content (AvgIpc) is 3.26. The molecule has 2 aromatic carbocycles. The van der Waals surface area contributed by atoms with Gasteiger partial charge in [-0.25, -0.2) is 4.79 Å². The number of alkyl carbamates (subject to hydrolysis) is 1. The maximum absolute atomic E-state index is 13.0. The maximum atomic E-state index is 13.0. The minimum absolute atomic E-state index is 0.118. The molecule has 2 heterocycles. The van der Waals surface area contributed by atoms with Crippen molar-refractivity contribution in [1.29, 1.82) is 0 Å². The summed E-state index contributed by atoms with van der Waals surface area (Å²) in [5.74, 6) is 0.747. The number of nitrogens with one attached hydrogen (secondary N) is 3. The number of ether oxygens (including phenoxy) is 4. The summed E-state index contributed by atoms with van der Waals surface area (Å²) < 4.78 is 21.7. The van der Waals surface area contributed by atoms with Crippen LogP contribution >= 0.6 is 0 Å². The molecule has 5 rings (SSSR count). The van der Waals surface area contributed by atoms with Crippen LogP contribution in [0, 0.1) is 10.1 Å². The van der Waals surface area contributed by atoms with Crippen LogP contribution in [0.15, 0.2) is 47.7 Å². The Labute approximate surface area is 211 Å². The van der Waals surface area contributed by atoms with Crippen LogP contribution in [0.4, 0.5) is 21.9 Å². The van der Waals surface area contributed by atoms with E-state index in [1.807, 2.05) is 6.08 Å². The Morgan fingerprint density at radius 2 is 1.78 bits per heavy atom. The molecule has 0 aromatic heterocycles. The van der Waals surface area contributed by atoms with Crippen LogP contribution in [0.2, 0.25) is 0 Å². The number of fused-ring (bicyclic) bond motifs is 1. The number of benzene rings is 2. The van der Waals surface area contributed by atoms with Crippen molar-refractivity contribution in [3.05, 3.63) is 63.4 Å². The van der Waals surface area contributed by atoms with E-state index in [4.69, 9.17) is 18.9 Å². The second-order valence-electron chi connectivity index (χ2n) is 8.55. The molecule has 3 N–H and O–H groups in total. The molecule has 1 atom stereocenters. The van der Waals surface area contributed by atoms with Crippen molar-refractivity contribution in [3.63, 3.8) is 0 Å². The van der Waals surface area contributed by atoms with Crippen molar-refractivity contribution < 1.29 is 33.5 Å². The number of hydrogen-bond acceptors (Lipinski definition) is 9. The van der Waals surface area contributed by atoms with Crippen LogP contribution in [0.3, 0.4) is 0 Å². The first-order valence-corrected chi connectivity index (χ1v) is 11.5. The summed E-state index contributed by atoms with van der Waals surface area (Å²) in [5.41, 5.74) is 3.85. The maximum Gasteiger partial charge on any atom is 0.407 e. The standard InChI is InChI=1S/C25H24N4O8/c1-34-21-8-14(4-6-20(21)29(32)33)13-3-5-16-17(7-13)27-18-10-23(36-12-15-11-26-25(31)37-15)22(35-2)9-19(18)28-24(16)30/h4,6-10,15,27H,3,5,11-12H2,1-2H3,(H,26,31)(H,28,30). The third kappa shape index (κ3) is 4.73. The third-order valence-corrected chi connectivity index (χ3v) is 6.30. The molecule has 12 nitrogen and oxygen atoms in total. The molecule has 1 aliphatic carbocycles. The van der Waals surface area contributed by atoms with Gasteiger partial charge in [-0.2, -0.15) is 0 Å². The van der Waals surface area contributed by atoms with E-state index >= 15 is 0 Å². The Hall–Kier alpha value is -4.74. The smallest absolute Gasteiger partial charge is 0.407 e. The fourth-order valence-electron chi connectivity index (χ4n) is 4.42. The summed E-state index contributed by atoms with van der Waals surface area (Å²) in [5, 5.41) is 20.1. The summed E-state index contributed by atoms with van der Waals surface area (Å²) in [4.78, 5) is 35.1. The van der Waals surface area contributed by atoms with E-state index in [1.165, 1.54) is 20.3 Å². The Kier molecular flexibility index (Phi) is 6.30. The Balaban J connectivity index is 1.44. The van der Waals surface area contributed by atoms with Gasteiger partial charge < -0.3 is 34.9 Å². The van der Waals surface area contributed by atoms with Crippen molar-refractivity contribution in [3.8, 4) is 17.2 Å². The van der Waals surface area contributed by atoms with Gasteiger partial charge in [-0.05, 0) is 42.2 Å². The molecular weight excluding hydrogens is 484 g/mol. The molecule has 1 saturated heterocycles. The molecule has 12 heteroatoms. The molecule has 0 radical (unpaired) electrons. The minimum atomic E-state index is -0.492. The highest BCUT2D eigenvalue weighted by Crippen LogP contribution is 2.42. The number of nitrogens with zero attached hydrogens (tertiary/aromatic N) is 1. The zero-order valence-electron chi connectivity index (χ0n) is 20.1. The monoisotopic (exact) mass is 508 g/mol. The zero-order chi connectivity index (χ0) is 26.1. The zero-order valence-corrected chi connectivity index (χ0v) is 20.1. The molecule has 37 heavy (non-hydrogen) atoms. The molecule has 2 aromatic rings. The number of allylic oxidation sites excluding steroid dienone is 2. The van der Waals surface area contributed by atoms with Gasteiger partial charge in [-0.15, -0.1) is 0 Å². The molecule has 3 aliphatic rings. The number of nitro benzene ring substituents is 1. The van der Waals surface area contributed by atoms with Crippen molar-refractivity contribution in [1.82, 2.24) is 5.32 Å². The number of rotatable bonds is 7. The SMILES string of the molecule is COc1cc2c(cc1OCC1CNC(=O)O1)NC1=C(CCC(c3ccc([N+](=O)[O-])c(OC)c3)=C1)C(=O)N2. The summed E-state index contributed by atoms with van der Waals surface area (Å²) in [6.45, 7) is 0.470. The second-order valence-corrected chi connectivity index (χ2v) is 8.55. The number of cyclic esters (lactones) is 1. The molecule has 2 aliphatic heterocycles. The third-order valence-electron chi connectivity index (χ3n) is 6.30. The molecule has 1 unspecified atom stereocenters. The van der Waals surface area contributed by atoms with Crippen LogP contribution in [0.25, 0.3) is 5.57 Å². The second kappa shape index (κ2) is 9.72. The van der Waals surface area contributed by atoms with Gasteiger partial charge in [0.2, 0.25) is 0 Å². The van der Waals surface area contributed by atoms with Gasteiger partial charge in [-0.1, -0.05) is 0 Å².